The quantitative estimate of drug-likeness (QED) is 0.551. The Morgan fingerprint density at radius 3 is 2.96 bits per heavy atom. The van der Waals surface area contributed by atoms with Gasteiger partial charge in [-0.1, -0.05) is 0 Å². The number of rotatable bonds is 3. The molecule has 0 aliphatic carbocycles. The van der Waals surface area contributed by atoms with Gasteiger partial charge in [-0.2, -0.15) is 10.2 Å². The first-order chi connectivity index (χ1) is 13.7. The fourth-order valence-corrected chi connectivity index (χ4v) is 4.97. The molecule has 4 aromatic rings. The lowest BCUT2D eigenvalue weighted by Gasteiger charge is -2.36. The highest BCUT2D eigenvalue weighted by Gasteiger charge is 2.41. The smallest absolute Gasteiger partial charge is 0.155 e. The summed E-state index contributed by atoms with van der Waals surface area (Å²) in [5.41, 5.74) is 6.78. The van der Waals surface area contributed by atoms with E-state index < -0.39 is 0 Å². The van der Waals surface area contributed by atoms with Crippen LogP contribution in [0.25, 0.3) is 17.1 Å². The molecule has 7 heteroatoms. The van der Waals surface area contributed by atoms with E-state index in [1.54, 1.807) is 6.26 Å². The van der Waals surface area contributed by atoms with E-state index in [4.69, 9.17) is 14.5 Å². The van der Waals surface area contributed by atoms with Crippen LogP contribution in [0.4, 0.5) is 0 Å². The van der Waals surface area contributed by atoms with Crippen LogP contribution in [-0.2, 0) is 20.0 Å². The second-order valence-electron chi connectivity index (χ2n) is 7.97. The van der Waals surface area contributed by atoms with Crippen molar-refractivity contribution in [1.82, 2.24) is 29.3 Å². The largest absolute Gasteiger partial charge is 0.463 e. The molecule has 6 rings (SSSR count). The SMILES string of the molecule is Cc1nn(C)cc1CN1[C@H]2CC[C@H]1c1cnc3cc(-c4ccco4)nn3c1C2. The maximum Gasteiger partial charge on any atom is 0.155 e. The highest BCUT2D eigenvalue weighted by atomic mass is 16.3. The van der Waals surface area contributed by atoms with Gasteiger partial charge in [-0.05, 0) is 31.9 Å². The molecular formula is C21H22N6O. The second kappa shape index (κ2) is 5.78. The van der Waals surface area contributed by atoms with Gasteiger partial charge >= 0.3 is 0 Å². The predicted octanol–water partition coefficient (Wildman–Crippen LogP) is 3.29. The number of aryl methyl sites for hydroxylation is 2. The number of hydrogen-bond donors (Lipinski definition) is 0. The van der Waals surface area contributed by atoms with Crippen LogP contribution >= 0.6 is 0 Å². The second-order valence-corrected chi connectivity index (χ2v) is 7.97. The minimum absolute atomic E-state index is 0.404. The van der Waals surface area contributed by atoms with E-state index >= 15 is 0 Å². The van der Waals surface area contributed by atoms with Gasteiger partial charge in [0, 0.05) is 61.7 Å². The summed E-state index contributed by atoms with van der Waals surface area (Å²) in [7, 11) is 1.99. The van der Waals surface area contributed by atoms with E-state index in [1.165, 1.54) is 29.7 Å². The van der Waals surface area contributed by atoms with E-state index in [2.05, 4.69) is 29.3 Å². The van der Waals surface area contributed by atoms with Gasteiger partial charge < -0.3 is 4.42 Å². The average Bonchev–Trinajstić information content (AvgIpc) is 3.43. The van der Waals surface area contributed by atoms with Crippen LogP contribution in [0.15, 0.2) is 41.3 Å². The third kappa shape index (κ3) is 2.29. The molecule has 2 aliphatic rings. The number of aromatic nitrogens is 5. The van der Waals surface area contributed by atoms with Crippen molar-refractivity contribution in [2.45, 2.75) is 44.8 Å². The Labute approximate surface area is 162 Å². The van der Waals surface area contributed by atoms with E-state index in [9.17, 15) is 0 Å². The van der Waals surface area contributed by atoms with Crippen LogP contribution in [0.2, 0.25) is 0 Å². The molecule has 0 radical (unpaired) electrons. The Hall–Kier alpha value is -2.93. The van der Waals surface area contributed by atoms with Crippen molar-refractivity contribution in [2.24, 2.45) is 7.05 Å². The molecule has 6 heterocycles. The van der Waals surface area contributed by atoms with Gasteiger partial charge in [0.2, 0.25) is 0 Å². The molecule has 0 saturated carbocycles. The Morgan fingerprint density at radius 1 is 1.25 bits per heavy atom. The highest BCUT2D eigenvalue weighted by Crippen LogP contribution is 2.44. The Morgan fingerprint density at radius 2 is 2.18 bits per heavy atom. The van der Waals surface area contributed by atoms with Gasteiger partial charge in [-0.15, -0.1) is 0 Å². The van der Waals surface area contributed by atoms with Crippen molar-refractivity contribution in [3.63, 3.8) is 0 Å². The maximum absolute atomic E-state index is 5.52. The van der Waals surface area contributed by atoms with Crippen LogP contribution in [0, 0.1) is 6.92 Å². The Kier molecular flexibility index (Phi) is 3.32. The Balaban J connectivity index is 1.40. The molecule has 2 aliphatic heterocycles. The minimum Gasteiger partial charge on any atom is -0.463 e. The van der Waals surface area contributed by atoms with Crippen molar-refractivity contribution < 1.29 is 4.42 Å². The standard InChI is InChI=1S/C21H22N6O/c1-13-14(11-25(2)23-13)12-26-15-5-6-18(26)16-10-22-21-9-17(20-4-3-7-28-20)24-27(21)19(16)8-15/h3-4,7,9-11,15,18H,5-6,8,12H2,1-2H3/t15-,18-/m0/s1. The van der Waals surface area contributed by atoms with Crippen LogP contribution < -0.4 is 0 Å². The van der Waals surface area contributed by atoms with Crippen molar-refractivity contribution in [3.05, 3.63) is 59.4 Å². The van der Waals surface area contributed by atoms with Crippen molar-refractivity contribution in [1.29, 1.82) is 0 Å². The molecule has 0 unspecified atom stereocenters. The number of fused-ring (bicyclic) bond motifs is 6. The monoisotopic (exact) mass is 374 g/mol. The third-order valence-corrected chi connectivity index (χ3v) is 6.29. The third-order valence-electron chi connectivity index (χ3n) is 6.29. The van der Waals surface area contributed by atoms with Crippen LogP contribution in [-0.4, -0.2) is 35.3 Å². The van der Waals surface area contributed by atoms with Crippen LogP contribution in [0.1, 0.15) is 41.4 Å². The minimum atomic E-state index is 0.404. The molecule has 2 bridgehead atoms. The molecule has 0 amide bonds. The number of nitrogens with zero attached hydrogens (tertiary/aromatic N) is 6. The molecule has 0 spiro atoms. The zero-order chi connectivity index (χ0) is 18.8. The lowest BCUT2D eigenvalue weighted by molar-refractivity contribution is 0.165. The molecular weight excluding hydrogens is 352 g/mol. The summed E-state index contributed by atoms with van der Waals surface area (Å²) in [5, 5.41) is 9.33. The Bertz CT molecular complexity index is 1170. The summed E-state index contributed by atoms with van der Waals surface area (Å²) in [5.74, 6) is 0.784. The molecule has 142 valence electrons. The fourth-order valence-electron chi connectivity index (χ4n) is 4.97. The summed E-state index contributed by atoms with van der Waals surface area (Å²) in [6, 6.07) is 6.78. The van der Waals surface area contributed by atoms with Crippen molar-refractivity contribution in [2.75, 3.05) is 0 Å². The fraction of sp³-hybridized carbons (Fsp3) is 0.381. The highest BCUT2D eigenvalue weighted by molar-refractivity contribution is 5.59. The molecule has 1 saturated heterocycles. The predicted molar refractivity (Wildman–Crippen MR) is 104 cm³/mol. The zero-order valence-electron chi connectivity index (χ0n) is 16.0. The molecule has 7 nitrogen and oxygen atoms in total. The van der Waals surface area contributed by atoms with Gasteiger partial charge in [0.1, 0.15) is 5.69 Å². The van der Waals surface area contributed by atoms with Gasteiger partial charge in [0.15, 0.2) is 11.4 Å². The summed E-state index contributed by atoms with van der Waals surface area (Å²) in [6.45, 7) is 3.05. The lowest BCUT2D eigenvalue weighted by atomic mass is 9.98. The average molecular weight is 374 g/mol. The zero-order valence-corrected chi connectivity index (χ0v) is 16.0. The van der Waals surface area contributed by atoms with E-state index in [0.29, 0.717) is 12.1 Å². The van der Waals surface area contributed by atoms with Crippen molar-refractivity contribution in [3.8, 4) is 11.5 Å². The maximum atomic E-state index is 5.52. The molecule has 28 heavy (non-hydrogen) atoms. The summed E-state index contributed by atoms with van der Waals surface area (Å²) in [4.78, 5) is 7.36. The van der Waals surface area contributed by atoms with Crippen LogP contribution in [0.3, 0.4) is 0 Å². The summed E-state index contributed by atoms with van der Waals surface area (Å²) >= 11 is 0. The van der Waals surface area contributed by atoms with E-state index in [1.807, 2.05) is 34.4 Å². The van der Waals surface area contributed by atoms with Crippen LogP contribution in [0.5, 0.6) is 0 Å². The molecule has 0 N–H and O–H groups in total. The van der Waals surface area contributed by atoms with Gasteiger partial charge in [-0.25, -0.2) is 9.50 Å². The molecule has 2 atom stereocenters. The van der Waals surface area contributed by atoms with Gasteiger partial charge in [-0.3, -0.25) is 9.58 Å². The van der Waals surface area contributed by atoms with E-state index in [0.717, 1.165) is 35.8 Å². The molecule has 1 fully saturated rings. The first kappa shape index (κ1) is 16.1. The first-order valence-electron chi connectivity index (χ1n) is 9.83. The molecule has 0 aromatic carbocycles. The van der Waals surface area contributed by atoms with Gasteiger partial charge in [0.25, 0.3) is 0 Å². The summed E-state index contributed by atoms with van der Waals surface area (Å²) in [6.07, 6.45) is 9.29. The van der Waals surface area contributed by atoms with E-state index in [-0.39, 0.29) is 0 Å². The number of hydrogen-bond acceptors (Lipinski definition) is 5. The number of furan rings is 1. The summed E-state index contributed by atoms with van der Waals surface area (Å²) < 4.78 is 9.47. The van der Waals surface area contributed by atoms with Crippen molar-refractivity contribution >= 4 is 5.65 Å². The first-order valence-corrected chi connectivity index (χ1v) is 9.83. The topological polar surface area (TPSA) is 64.4 Å². The van der Waals surface area contributed by atoms with Gasteiger partial charge in [0.05, 0.1) is 17.7 Å². The lowest BCUT2D eigenvalue weighted by Crippen LogP contribution is -2.38. The normalized spacial score (nSPS) is 21.5. The molecule has 4 aromatic heterocycles.